The van der Waals surface area contributed by atoms with Gasteiger partial charge >= 0.3 is 0 Å². The molecule has 0 aliphatic heterocycles. The highest BCUT2D eigenvalue weighted by Crippen LogP contribution is 2.21. The molecule has 0 saturated carbocycles. The monoisotopic (exact) mass is 377 g/mol. The molecule has 2 N–H and O–H groups in total. The van der Waals surface area contributed by atoms with Crippen molar-refractivity contribution in [1.82, 2.24) is 20.4 Å². The van der Waals surface area contributed by atoms with E-state index in [1.807, 2.05) is 43.8 Å². The van der Waals surface area contributed by atoms with Gasteiger partial charge in [-0.1, -0.05) is 11.6 Å². The highest BCUT2D eigenvalue weighted by Gasteiger charge is 2.09. The van der Waals surface area contributed by atoms with Crippen LogP contribution in [0.2, 0.25) is 5.02 Å². The van der Waals surface area contributed by atoms with E-state index in [1.165, 1.54) is 5.56 Å². The second-order valence-corrected chi connectivity index (χ2v) is 6.67. The lowest BCUT2D eigenvalue weighted by Crippen LogP contribution is -2.37. The van der Waals surface area contributed by atoms with Gasteiger partial charge in [-0.15, -0.1) is 0 Å². The average molecular weight is 378 g/mol. The molecule has 1 heterocycles. The van der Waals surface area contributed by atoms with E-state index in [2.05, 4.69) is 27.6 Å². The number of rotatable bonds is 7. The molecule has 0 spiro atoms. The maximum absolute atomic E-state index is 5.96. The van der Waals surface area contributed by atoms with Crippen LogP contribution < -0.4 is 15.4 Å². The molecule has 0 saturated heterocycles. The van der Waals surface area contributed by atoms with Gasteiger partial charge in [0.05, 0.1) is 12.3 Å². The van der Waals surface area contributed by atoms with Crippen molar-refractivity contribution in [2.75, 3.05) is 20.2 Å². The fraction of sp³-hybridized carbons (Fsp3) is 0.474. The summed E-state index contributed by atoms with van der Waals surface area (Å²) in [5.41, 5.74) is 4.46. The topological polar surface area (TPSA) is 63.5 Å². The third-order valence-corrected chi connectivity index (χ3v) is 4.56. The fourth-order valence-electron chi connectivity index (χ4n) is 2.70. The van der Waals surface area contributed by atoms with Crippen LogP contribution >= 0.6 is 11.6 Å². The van der Waals surface area contributed by atoms with E-state index >= 15 is 0 Å². The second kappa shape index (κ2) is 9.48. The number of aliphatic imine (C=N–C) groups is 1. The number of ether oxygens (including phenoxy) is 1. The van der Waals surface area contributed by atoms with Gasteiger partial charge in [-0.3, -0.25) is 9.67 Å². The Morgan fingerprint density at radius 3 is 2.65 bits per heavy atom. The van der Waals surface area contributed by atoms with Crippen LogP contribution in [-0.4, -0.2) is 35.9 Å². The lowest BCUT2D eigenvalue weighted by molar-refractivity contribution is 0.309. The number of benzene rings is 1. The first-order chi connectivity index (χ1) is 12.4. The van der Waals surface area contributed by atoms with Crippen molar-refractivity contribution in [2.24, 2.45) is 12.0 Å². The molecule has 6 nitrogen and oxygen atoms in total. The molecule has 7 heteroatoms. The first-order valence-corrected chi connectivity index (χ1v) is 9.12. The predicted molar refractivity (Wildman–Crippen MR) is 107 cm³/mol. The number of hydrogen-bond donors (Lipinski definition) is 2. The lowest BCUT2D eigenvalue weighted by Gasteiger charge is -2.13. The fourth-order valence-corrected chi connectivity index (χ4v) is 2.93. The number of hydrogen-bond acceptors (Lipinski definition) is 3. The molecular formula is C19H28ClN5O. The molecule has 2 aromatic rings. The van der Waals surface area contributed by atoms with Gasteiger partial charge < -0.3 is 15.4 Å². The maximum atomic E-state index is 5.96. The standard InChI is InChI=1S/C19H28ClN5O/c1-13-11-16(20)7-8-18(13)26-10-6-9-22-19(21-4)23-12-17-14(2)24-25(5)15(17)3/h7-8,11H,6,9-10,12H2,1-5H3,(H2,21,22,23). The predicted octanol–water partition coefficient (Wildman–Crippen LogP) is 3.13. The van der Waals surface area contributed by atoms with Gasteiger partial charge in [0, 0.05) is 43.5 Å². The van der Waals surface area contributed by atoms with Crippen LogP contribution in [0.4, 0.5) is 0 Å². The van der Waals surface area contributed by atoms with Gasteiger partial charge in [0.2, 0.25) is 0 Å². The summed E-state index contributed by atoms with van der Waals surface area (Å²) in [7, 11) is 3.73. The van der Waals surface area contributed by atoms with E-state index in [-0.39, 0.29) is 0 Å². The zero-order chi connectivity index (χ0) is 19.1. The number of nitrogens with one attached hydrogen (secondary N) is 2. The Hall–Kier alpha value is -2.21. The summed E-state index contributed by atoms with van der Waals surface area (Å²) in [5, 5.41) is 11.8. The summed E-state index contributed by atoms with van der Waals surface area (Å²) in [6.07, 6.45) is 0.869. The van der Waals surface area contributed by atoms with Gasteiger partial charge in [0.15, 0.2) is 5.96 Å². The van der Waals surface area contributed by atoms with Crippen molar-refractivity contribution < 1.29 is 4.74 Å². The SMILES string of the molecule is CN=C(NCCCOc1ccc(Cl)cc1C)NCc1c(C)nn(C)c1C. The van der Waals surface area contributed by atoms with Gasteiger partial charge in [0.25, 0.3) is 0 Å². The Bertz CT molecular complexity index is 770. The Morgan fingerprint density at radius 2 is 2.04 bits per heavy atom. The molecule has 0 amide bonds. The van der Waals surface area contributed by atoms with Crippen LogP contribution in [0.5, 0.6) is 5.75 Å². The molecule has 0 radical (unpaired) electrons. The zero-order valence-electron chi connectivity index (χ0n) is 16.2. The first kappa shape index (κ1) is 20.1. The summed E-state index contributed by atoms with van der Waals surface area (Å²) in [4.78, 5) is 4.26. The Balaban J connectivity index is 1.72. The van der Waals surface area contributed by atoms with Gasteiger partial charge in [0.1, 0.15) is 5.75 Å². The lowest BCUT2D eigenvalue weighted by atomic mass is 10.2. The van der Waals surface area contributed by atoms with E-state index in [0.29, 0.717) is 13.2 Å². The summed E-state index contributed by atoms with van der Waals surface area (Å²) in [6.45, 7) is 8.20. The third kappa shape index (κ3) is 5.39. The Labute approximate surface area is 160 Å². The molecule has 0 unspecified atom stereocenters. The molecule has 0 aliphatic carbocycles. The number of halogens is 1. The summed E-state index contributed by atoms with van der Waals surface area (Å²) >= 11 is 5.96. The minimum absolute atomic E-state index is 0.632. The van der Waals surface area contributed by atoms with Gasteiger partial charge in [-0.05, 0) is 51.0 Å². The van der Waals surface area contributed by atoms with Gasteiger partial charge in [-0.2, -0.15) is 5.10 Å². The van der Waals surface area contributed by atoms with Crippen molar-refractivity contribution >= 4 is 17.6 Å². The highest BCUT2D eigenvalue weighted by atomic mass is 35.5. The van der Waals surface area contributed by atoms with E-state index in [4.69, 9.17) is 16.3 Å². The number of aryl methyl sites for hydroxylation is 3. The normalized spacial score (nSPS) is 11.5. The summed E-state index contributed by atoms with van der Waals surface area (Å²) in [5.74, 6) is 1.65. The molecule has 0 atom stereocenters. The van der Waals surface area contributed by atoms with Crippen LogP contribution in [0.25, 0.3) is 0 Å². The molecule has 1 aromatic carbocycles. The highest BCUT2D eigenvalue weighted by molar-refractivity contribution is 6.30. The van der Waals surface area contributed by atoms with Crippen LogP contribution in [-0.2, 0) is 13.6 Å². The average Bonchev–Trinajstić information content (AvgIpc) is 2.84. The molecule has 2 rings (SSSR count). The minimum Gasteiger partial charge on any atom is -0.493 e. The smallest absolute Gasteiger partial charge is 0.191 e. The van der Waals surface area contributed by atoms with Gasteiger partial charge in [-0.25, -0.2) is 0 Å². The first-order valence-electron chi connectivity index (χ1n) is 8.75. The maximum Gasteiger partial charge on any atom is 0.191 e. The largest absolute Gasteiger partial charge is 0.493 e. The van der Waals surface area contributed by atoms with Crippen molar-refractivity contribution in [3.63, 3.8) is 0 Å². The Morgan fingerprint density at radius 1 is 1.27 bits per heavy atom. The minimum atomic E-state index is 0.632. The molecule has 0 bridgehead atoms. The van der Waals surface area contributed by atoms with Crippen molar-refractivity contribution in [3.05, 3.63) is 45.7 Å². The molecule has 1 aromatic heterocycles. The van der Waals surface area contributed by atoms with Crippen LogP contribution in [0.15, 0.2) is 23.2 Å². The van der Waals surface area contributed by atoms with E-state index in [1.54, 1.807) is 7.05 Å². The van der Waals surface area contributed by atoms with Crippen molar-refractivity contribution in [1.29, 1.82) is 0 Å². The number of nitrogens with zero attached hydrogens (tertiary/aromatic N) is 3. The van der Waals surface area contributed by atoms with E-state index in [9.17, 15) is 0 Å². The second-order valence-electron chi connectivity index (χ2n) is 6.24. The van der Waals surface area contributed by atoms with E-state index in [0.717, 1.165) is 46.6 Å². The number of aromatic nitrogens is 2. The van der Waals surface area contributed by atoms with E-state index < -0.39 is 0 Å². The van der Waals surface area contributed by atoms with Crippen LogP contribution in [0.1, 0.15) is 28.9 Å². The summed E-state index contributed by atoms with van der Waals surface area (Å²) < 4.78 is 7.70. The van der Waals surface area contributed by atoms with Crippen LogP contribution in [0.3, 0.4) is 0 Å². The molecule has 26 heavy (non-hydrogen) atoms. The third-order valence-electron chi connectivity index (χ3n) is 4.32. The molecule has 0 fully saturated rings. The molecule has 142 valence electrons. The number of guanidine groups is 1. The van der Waals surface area contributed by atoms with Crippen molar-refractivity contribution in [3.8, 4) is 5.75 Å². The molecule has 0 aliphatic rings. The van der Waals surface area contributed by atoms with Crippen molar-refractivity contribution in [2.45, 2.75) is 33.7 Å². The molecular weight excluding hydrogens is 350 g/mol. The quantitative estimate of drug-likeness (QED) is 0.442. The van der Waals surface area contributed by atoms with Crippen LogP contribution in [0, 0.1) is 20.8 Å². The summed E-state index contributed by atoms with van der Waals surface area (Å²) in [6, 6.07) is 5.66. The Kier molecular flexibility index (Phi) is 7.33. The zero-order valence-corrected chi connectivity index (χ0v) is 16.9.